The lowest BCUT2D eigenvalue weighted by atomic mass is 9.87. The maximum atomic E-state index is 12.0. The number of carboxylic acid groups (broad SMARTS) is 1. The van der Waals surface area contributed by atoms with Gasteiger partial charge in [-0.15, -0.1) is 0 Å². The SMILES string of the molecule is CC(C(=O)O)C1CN(C(=O)NC2CCC(=O)N(C)C2=O)C1. The van der Waals surface area contributed by atoms with Gasteiger partial charge in [-0.2, -0.15) is 0 Å². The van der Waals surface area contributed by atoms with E-state index in [2.05, 4.69) is 5.32 Å². The molecule has 2 aliphatic rings. The molecule has 0 aromatic heterocycles. The fourth-order valence-electron chi connectivity index (χ4n) is 2.49. The van der Waals surface area contributed by atoms with Crippen LogP contribution in [0.3, 0.4) is 0 Å². The molecule has 8 nitrogen and oxygen atoms in total. The number of amides is 4. The Balaban J connectivity index is 1.83. The van der Waals surface area contributed by atoms with Crippen LogP contribution in [-0.4, -0.2) is 64.9 Å². The molecular formula is C13H19N3O5. The van der Waals surface area contributed by atoms with Crippen LogP contribution in [0.25, 0.3) is 0 Å². The van der Waals surface area contributed by atoms with E-state index < -0.39 is 23.8 Å². The number of carbonyl (C=O) groups excluding carboxylic acids is 3. The second kappa shape index (κ2) is 5.71. The first-order valence-corrected chi connectivity index (χ1v) is 6.90. The highest BCUT2D eigenvalue weighted by atomic mass is 16.4. The first-order chi connectivity index (χ1) is 9.81. The molecule has 116 valence electrons. The molecular weight excluding hydrogens is 278 g/mol. The van der Waals surface area contributed by atoms with Gasteiger partial charge in [-0.05, 0) is 6.42 Å². The van der Waals surface area contributed by atoms with E-state index in [0.717, 1.165) is 4.90 Å². The van der Waals surface area contributed by atoms with Gasteiger partial charge in [-0.3, -0.25) is 19.3 Å². The number of rotatable bonds is 3. The summed E-state index contributed by atoms with van der Waals surface area (Å²) in [4.78, 5) is 48.5. The van der Waals surface area contributed by atoms with Crippen LogP contribution in [0, 0.1) is 11.8 Å². The lowest BCUT2D eigenvalue weighted by molar-refractivity contribution is -0.148. The van der Waals surface area contributed by atoms with Crippen molar-refractivity contribution >= 4 is 23.8 Å². The third kappa shape index (κ3) is 2.98. The van der Waals surface area contributed by atoms with Crippen LogP contribution in [0.5, 0.6) is 0 Å². The Hall–Kier alpha value is -2.12. The number of hydrogen-bond donors (Lipinski definition) is 2. The number of carboxylic acids is 1. The molecule has 0 bridgehead atoms. The highest BCUT2D eigenvalue weighted by Gasteiger charge is 2.39. The van der Waals surface area contributed by atoms with Gasteiger partial charge in [-0.1, -0.05) is 6.92 Å². The van der Waals surface area contributed by atoms with Crippen LogP contribution in [-0.2, 0) is 14.4 Å². The number of aliphatic carboxylic acids is 1. The van der Waals surface area contributed by atoms with Crippen molar-refractivity contribution < 1.29 is 24.3 Å². The van der Waals surface area contributed by atoms with E-state index in [1.54, 1.807) is 6.92 Å². The highest BCUT2D eigenvalue weighted by Crippen LogP contribution is 2.24. The summed E-state index contributed by atoms with van der Waals surface area (Å²) in [6, 6.07) is -1.07. The molecule has 0 aromatic carbocycles. The summed E-state index contributed by atoms with van der Waals surface area (Å²) in [5.41, 5.74) is 0. The lowest BCUT2D eigenvalue weighted by Crippen LogP contribution is -2.60. The number of hydrogen-bond acceptors (Lipinski definition) is 4. The molecule has 21 heavy (non-hydrogen) atoms. The summed E-state index contributed by atoms with van der Waals surface area (Å²) in [5, 5.41) is 11.5. The van der Waals surface area contributed by atoms with Crippen LogP contribution in [0.4, 0.5) is 4.79 Å². The summed E-state index contributed by atoms with van der Waals surface area (Å²) in [6.45, 7) is 2.36. The lowest BCUT2D eigenvalue weighted by Gasteiger charge is -2.42. The molecule has 0 aromatic rings. The van der Waals surface area contributed by atoms with Crippen molar-refractivity contribution in [1.82, 2.24) is 15.1 Å². The van der Waals surface area contributed by atoms with Gasteiger partial charge in [0.2, 0.25) is 5.91 Å². The summed E-state index contributed by atoms with van der Waals surface area (Å²) in [6.07, 6.45) is 0.530. The Morgan fingerprint density at radius 3 is 2.52 bits per heavy atom. The van der Waals surface area contributed by atoms with E-state index >= 15 is 0 Å². The maximum absolute atomic E-state index is 12.0. The summed E-state index contributed by atoms with van der Waals surface area (Å²) >= 11 is 0. The Morgan fingerprint density at radius 1 is 1.33 bits per heavy atom. The molecule has 2 atom stereocenters. The summed E-state index contributed by atoms with van der Waals surface area (Å²) in [7, 11) is 1.40. The fourth-order valence-corrected chi connectivity index (χ4v) is 2.49. The van der Waals surface area contributed by atoms with Gasteiger partial charge in [0, 0.05) is 32.5 Å². The second-order valence-electron chi connectivity index (χ2n) is 5.62. The number of nitrogens with one attached hydrogen (secondary N) is 1. The first-order valence-electron chi connectivity index (χ1n) is 6.90. The Kier molecular flexibility index (Phi) is 4.15. The predicted octanol–water partition coefficient (Wildman–Crippen LogP) is -0.504. The normalized spacial score (nSPS) is 24.6. The maximum Gasteiger partial charge on any atom is 0.318 e. The van der Waals surface area contributed by atoms with Crippen LogP contribution in [0.1, 0.15) is 19.8 Å². The van der Waals surface area contributed by atoms with Crippen LogP contribution >= 0.6 is 0 Å². The van der Waals surface area contributed by atoms with Crippen molar-refractivity contribution in [3.63, 3.8) is 0 Å². The number of urea groups is 1. The minimum Gasteiger partial charge on any atom is -0.481 e. The van der Waals surface area contributed by atoms with Crippen molar-refractivity contribution in [3.8, 4) is 0 Å². The molecule has 4 amide bonds. The van der Waals surface area contributed by atoms with Gasteiger partial charge in [-0.25, -0.2) is 4.79 Å². The van der Waals surface area contributed by atoms with Crippen molar-refractivity contribution in [1.29, 1.82) is 0 Å². The molecule has 0 spiro atoms. The third-order valence-electron chi connectivity index (χ3n) is 4.24. The summed E-state index contributed by atoms with van der Waals surface area (Å²) in [5.74, 6) is -2.07. The average molecular weight is 297 g/mol. The molecule has 8 heteroatoms. The van der Waals surface area contributed by atoms with E-state index in [1.165, 1.54) is 11.9 Å². The number of nitrogens with zero attached hydrogens (tertiary/aromatic N) is 2. The number of imide groups is 1. The van der Waals surface area contributed by atoms with E-state index in [9.17, 15) is 19.2 Å². The highest BCUT2D eigenvalue weighted by molar-refractivity contribution is 6.01. The zero-order chi connectivity index (χ0) is 15.7. The molecule has 0 saturated carbocycles. The van der Waals surface area contributed by atoms with Crippen LogP contribution in [0.15, 0.2) is 0 Å². The minimum absolute atomic E-state index is 0.0560. The van der Waals surface area contributed by atoms with Gasteiger partial charge in [0.05, 0.1) is 5.92 Å². The molecule has 0 radical (unpaired) electrons. The first kappa shape index (κ1) is 15.3. The molecule has 2 saturated heterocycles. The molecule has 2 unspecified atom stereocenters. The molecule has 2 rings (SSSR count). The van der Waals surface area contributed by atoms with E-state index in [1.807, 2.05) is 0 Å². The van der Waals surface area contributed by atoms with Crippen molar-refractivity contribution in [3.05, 3.63) is 0 Å². The molecule has 0 aliphatic carbocycles. The van der Waals surface area contributed by atoms with E-state index in [4.69, 9.17) is 5.11 Å². The topological polar surface area (TPSA) is 107 Å². The molecule has 2 N–H and O–H groups in total. The number of likely N-dealkylation sites (N-methyl/N-ethyl adjacent to an activating group) is 1. The number of carbonyl (C=O) groups is 4. The van der Waals surface area contributed by atoms with Crippen LogP contribution in [0.2, 0.25) is 0 Å². The Morgan fingerprint density at radius 2 is 1.95 bits per heavy atom. The van der Waals surface area contributed by atoms with Gasteiger partial charge in [0.25, 0.3) is 5.91 Å². The molecule has 2 aliphatic heterocycles. The monoisotopic (exact) mass is 297 g/mol. The fraction of sp³-hybridized carbons (Fsp3) is 0.692. The Labute approximate surface area is 122 Å². The largest absolute Gasteiger partial charge is 0.481 e. The third-order valence-corrected chi connectivity index (χ3v) is 4.24. The van der Waals surface area contributed by atoms with Crippen molar-refractivity contribution in [2.45, 2.75) is 25.8 Å². The van der Waals surface area contributed by atoms with Gasteiger partial charge < -0.3 is 15.3 Å². The van der Waals surface area contributed by atoms with E-state index in [0.29, 0.717) is 19.5 Å². The Bertz CT molecular complexity index is 486. The van der Waals surface area contributed by atoms with Crippen molar-refractivity contribution in [2.24, 2.45) is 11.8 Å². The minimum atomic E-state index is -0.873. The average Bonchev–Trinajstić information content (AvgIpc) is 2.37. The quantitative estimate of drug-likeness (QED) is 0.683. The smallest absolute Gasteiger partial charge is 0.318 e. The molecule has 2 fully saturated rings. The molecule has 2 heterocycles. The van der Waals surface area contributed by atoms with Gasteiger partial charge >= 0.3 is 12.0 Å². The number of piperidine rings is 1. The van der Waals surface area contributed by atoms with Crippen LogP contribution < -0.4 is 5.32 Å². The second-order valence-corrected chi connectivity index (χ2v) is 5.62. The predicted molar refractivity (Wildman–Crippen MR) is 71.2 cm³/mol. The standard InChI is InChI=1S/C13H19N3O5/c1-7(12(19)20)8-5-16(6-8)13(21)14-9-3-4-10(17)15(2)11(9)18/h7-9H,3-6H2,1-2H3,(H,14,21)(H,19,20). The van der Waals surface area contributed by atoms with Gasteiger partial charge in [0.15, 0.2) is 0 Å². The van der Waals surface area contributed by atoms with Crippen molar-refractivity contribution in [2.75, 3.05) is 20.1 Å². The summed E-state index contributed by atoms with van der Waals surface area (Å²) < 4.78 is 0. The zero-order valence-electron chi connectivity index (χ0n) is 12.0. The van der Waals surface area contributed by atoms with E-state index in [-0.39, 0.29) is 24.3 Å². The zero-order valence-corrected chi connectivity index (χ0v) is 12.0. The number of likely N-dealkylation sites (tertiary alicyclic amines) is 2. The van der Waals surface area contributed by atoms with Gasteiger partial charge in [0.1, 0.15) is 6.04 Å².